The Kier molecular flexibility index (Phi) is 7.34. The Bertz CT molecular complexity index is 909. The van der Waals surface area contributed by atoms with E-state index in [1.165, 1.54) is 12.1 Å². The molecule has 0 aromatic heterocycles. The van der Waals surface area contributed by atoms with Crippen molar-refractivity contribution in [2.24, 2.45) is 0 Å². The fourth-order valence-corrected chi connectivity index (χ4v) is 5.60. The van der Waals surface area contributed by atoms with Gasteiger partial charge in [0, 0.05) is 41.5 Å². The fraction of sp³-hybridized carbons (Fsp3) is 0.381. The summed E-state index contributed by atoms with van der Waals surface area (Å²) >= 11 is 1.71. The third kappa shape index (κ3) is 6.05. The average molecular weight is 435 g/mol. The molecule has 1 amide bonds. The van der Waals surface area contributed by atoms with Gasteiger partial charge in [0.05, 0.1) is 4.90 Å². The highest BCUT2D eigenvalue weighted by molar-refractivity contribution is 8.00. The first-order valence-electron chi connectivity index (χ1n) is 9.64. The highest BCUT2D eigenvalue weighted by Crippen LogP contribution is 2.40. The van der Waals surface area contributed by atoms with Gasteiger partial charge in [-0.05, 0) is 49.2 Å². The van der Waals surface area contributed by atoms with Crippen molar-refractivity contribution in [3.8, 4) is 0 Å². The molecule has 3 rings (SSSR count). The Morgan fingerprint density at radius 1 is 1.07 bits per heavy atom. The molecule has 0 spiro atoms. The molecule has 29 heavy (non-hydrogen) atoms. The van der Waals surface area contributed by atoms with E-state index in [1.807, 2.05) is 30.3 Å². The maximum atomic E-state index is 12.8. The third-order valence-corrected chi connectivity index (χ3v) is 7.75. The first kappa shape index (κ1) is 21.8. The molecule has 0 saturated carbocycles. The summed E-state index contributed by atoms with van der Waals surface area (Å²) < 4.78 is 33.7. The van der Waals surface area contributed by atoms with E-state index in [2.05, 4.69) is 10.0 Å². The molecule has 1 saturated heterocycles. The van der Waals surface area contributed by atoms with Crippen LogP contribution in [0.15, 0.2) is 64.4 Å². The van der Waals surface area contributed by atoms with Crippen molar-refractivity contribution in [3.63, 3.8) is 0 Å². The van der Waals surface area contributed by atoms with Gasteiger partial charge in [-0.2, -0.15) is 0 Å². The van der Waals surface area contributed by atoms with Gasteiger partial charge in [0.15, 0.2) is 0 Å². The number of rotatable bonds is 8. The predicted octanol–water partition coefficient (Wildman–Crippen LogP) is 3.65. The quantitative estimate of drug-likeness (QED) is 0.662. The van der Waals surface area contributed by atoms with E-state index in [0.717, 1.165) is 17.7 Å². The summed E-state index contributed by atoms with van der Waals surface area (Å²) in [5.74, 6) is -0.113. The molecule has 0 atom stereocenters. The van der Waals surface area contributed by atoms with Crippen molar-refractivity contribution in [2.75, 3.05) is 25.1 Å². The molecule has 1 aliphatic heterocycles. The van der Waals surface area contributed by atoms with E-state index >= 15 is 0 Å². The Balaban J connectivity index is 1.70. The topological polar surface area (TPSA) is 84.5 Å². The maximum Gasteiger partial charge on any atom is 0.240 e. The number of anilines is 1. The van der Waals surface area contributed by atoms with Crippen molar-refractivity contribution < 1.29 is 17.9 Å². The second-order valence-electron chi connectivity index (χ2n) is 6.96. The Hall–Kier alpha value is -1.87. The summed E-state index contributed by atoms with van der Waals surface area (Å²) in [4.78, 5) is 12.8. The van der Waals surface area contributed by atoms with Crippen LogP contribution >= 0.6 is 11.8 Å². The van der Waals surface area contributed by atoms with Crippen LogP contribution in [0.3, 0.4) is 0 Å². The second kappa shape index (κ2) is 9.75. The smallest absolute Gasteiger partial charge is 0.240 e. The molecule has 1 heterocycles. The number of hydrogen-bond donors (Lipinski definition) is 2. The minimum atomic E-state index is -3.66. The SMILES string of the molecule is CCC(=O)Nc1ccc(S(=O)(=O)NCC2(Sc3ccccc3)CCOCC2)cc1. The van der Waals surface area contributed by atoms with Gasteiger partial charge in [0.2, 0.25) is 15.9 Å². The van der Waals surface area contributed by atoms with Crippen molar-refractivity contribution in [1.82, 2.24) is 4.72 Å². The largest absolute Gasteiger partial charge is 0.381 e. The van der Waals surface area contributed by atoms with E-state index in [0.29, 0.717) is 31.9 Å². The zero-order valence-corrected chi connectivity index (χ0v) is 18.0. The number of benzene rings is 2. The van der Waals surface area contributed by atoms with Crippen LogP contribution in [0, 0.1) is 0 Å². The highest BCUT2D eigenvalue weighted by Gasteiger charge is 2.35. The molecule has 156 valence electrons. The molecule has 2 N–H and O–H groups in total. The lowest BCUT2D eigenvalue weighted by atomic mass is 9.99. The third-order valence-electron chi connectivity index (χ3n) is 4.84. The lowest BCUT2D eigenvalue weighted by Crippen LogP contribution is -2.44. The number of ether oxygens (including phenoxy) is 1. The van der Waals surface area contributed by atoms with Crippen LogP contribution in [0.25, 0.3) is 0 Å². The van der Waals surface area contributed by atoms with E-state index in [9.17, 15) is 13.2 Å². The molecular formula is C21H26N2O4S2. The van der Waals surface area contributed by atoms with Crippen LogP contribution in [0.1, 0.15) is 26.2 Å². The van der Waals surface area contributed by atoms with Crippen molar-refractivity contribution in [2.45, 2.75) is 40.7 Å². The highest BCUT2D eigenvalue weighted by atomic mass is 32.2. The van der Waals surface area contributed by atoms with Gasteiger partial charge in [0.25, 0.3) is 0 Å². The van der Waals surface area contributed by atoms with Crippen LogP contribution in [-0.4, -0.2) is 38.8 Å². The number of carbonyl (C=O) groups is 1. The molecule has 6 nitrogen and oxygen atoms in total. The predicted molar refractivity (Wildman–Crippen MR) is 116 cm³/mol. The van der Waals surface area contributed by atoms with Gasteiger partial charge < -0.3 is 10.1 Å². The van der Waals surface area contributed by atoms with Gasteiger partial charge >= 0.3 is 0 Å². The minimum absolute atomic E-state index is 0.113. The Morgan fingerprint density at radius 2 is 1.72 bits per heavy atom. The summed E-state index contributed by atoms with van der Waals surface area (Å²) in [6.07, 6.45) is 1.92. The van der Waals surface area contributed by atoms with Crippen LogP contribution in [-0.2, 0) is 19.6 Å². The second-order valence-corrected chi connectivity index (χ2v) is 10.3. The van der Waals surface area contributed by atoms with Crippen LogP contribution < -0.4 is 10.0 Å². The summed E-state index contributed by atoms with van der Waals surface area (Å²) in [6, 6.07) is 16.2. The van der Waals surface area contributed by atoms with E-state index in [-0.39, 0.29) is 15.5 Å². The zero-order valence-electron chi connectivity index (χ0n) is 16.4. The first-order valence-corrected chi connectivity index (χ1v) is 11.9. The number of thioether (sulfide) groups is 1. The molecule has 1 aliphatic rings. The monoisotopic (exact) mass is 434 g/mol. The maximum absolute atomic E-state index is 12.8. The molecule has 2 aromatic carbocycles. The van der Waals surface area contributed by atoms with Gasteiger partial charge in [0.1, 0.15) is 0 Å². The lowest BCUT2D eigenvalue weighted by molar-refractivity contribution is -0.115. The molecular weight excluding hydrogens is 408 g/mol. The normalized spacial score (nSPS) is 16.3. The average Bonchev–Trinajstić information content (AvgIpc) is 2.74. The van der Waals surface area contributed by atoms with E-state index in [1.54, 1.807) is 30.8 Å². The van der Waals surface area contributed by atoms with Gasteiger partial charge in [-0.1, -0.05) is 25.1 Å². The molecule has 8 heteroatoms. The first-order chi connectivity index (χ1) is 13.9. The van der Waals surface area contributed by atoms with Crippen LogP contribution in [0.4, 0.5) is 5.69 Å². The van der Waals surface area contributed by atoms with E-state index < -0.39 is 10.0 Å². The minimum Gasteiger partial charge on any atom is -0.381 e. The lowest BCUT2D eigenvalue weighted by Gasteiger charge is -2.36. The number of amides is 1. The zero-order chi connectivity index (χ0) is 20.7. The number of carbonyl (C=O) groups excluding carboxylic acids is 1. The number of hydrogen-bond acceptors (Lipinski definition) is 5. The Labute approximate surface area is 176 Å². The van der Waals surface area contributed by atoms with Crippen molar-refractivity contribution >= 4 is 33.4 Å². The molecule has 2 aromatic rings. The van der Waals surface area contributed by atoms with Crippen molar-refractivity contribution in [3.05, 3.63) is 54.6 Å². The van der Waals surface area contributed by atoms with Crippen LogP contribution in [0.2, 0.25) is 0 Å². The number of sulfonamides is 1. The van der Waals surface area contributed by atoms with Gasteiger partial charge in [-0.25, -0.2) is 13.1 Å². The van der Waals surface area contributed by atoms with Gasteiger partial charge in [-0.3, -0.25) is 4.79 Å². The van der Waals surface area contributed by atoms with E-state index in [4.69, 9.17) is 4.74 Å². The molecule has 0 bridgehead atoms. The summed E-state index contributed by atoms with van der Waals surface area (Å²) in [6.45, 7) is 3.32. The Morgan fingerprint density at radius 3 is 2.34 bits per heavy atom. The summed E-state index contributed by atoms with van der Waals surface area (Å²) in [5, 5.41) is 2.72. The summed E-state index contributed by atoms with van der Waals surface area (Å²) in [7, 11) is -3.66. The fourth-order valence-electron chi connectivity index (χ4n) is 3.07. The summed E-state index contributed by atoms with van der Waals surface area (Å²) in [5.41, 5.74) is 0.580. The standard InChI is InChI=1S/C21H26N2O4S2/c1-2-20(24)23-17-8-10-19(11-9-17)29(25,26)22-16-21(12-14-27-15-13-21)28-18-6-4-3-5-7-18/h3-11,22H,2,12-16H2,1H3,(H,23,24). The van der Waals surface area contributed by atoms with Gasteiger partial charge in [-0.15, -0.1) is 11.8 Å². The number of nitrogens with one attached hydrogen (secondary N) is 2. The molecule has 0 radical (unpaired) electrons. The van der Waals surface area contributed by atoms with Crippen molar-refractivity contribution in [1.29, 1.82) is 0 Å². The molecule has 1 fully saturated rings. The molecule has 0 aliphatic carbocycles. The van der Waals surface area contributed by atoms with Crippen LogP contribution in [0.5, 0.6) is 0 Å². The molecule has 0 unspecified atom stereocenters.